The Kier molecular flexibility index (Phi) is 4.39. The van der Waals surface area contributed by atoms with Crippen LogP contribution in [-0.2, 0) is 5.33 Å². The summed E-state index contributed by atoms with van der Waals surface area (Å²) in [5, 5.41) is 11.5. The third kappa shape index (κ3) is 3.17. The van der Waals surface area contributed by atoms with E-state index in [9.17, 15) is 10.1 Å². The maximum atomic E-state index is 10.8. The van der Waals surface area contributed by atoms with Crippen LogP contribution >= 0.6 is 15.9 Å². The highest BCUT2D eigenvalue weighted by Crippen LogP contribution is 2.30. The summed E-state index contributed by atoms with van der Waals surface area (Å²) in [6.45, 7) is 3.72. The highest BCUT2D eigenvalue weighted by atomic mass is 79.9. The first kappa shape index (κ1) is 14.5. The van der Waals surface area contributed by atoms with Gasteiger partial charge in [0.1, 0.15) is 11.5 Å². The van der Waals surface area contributed by atoms with Crippen LogP contribution in [0.25, 0.3) is 0 Å². The van der Waals surface area contributed by atoms with Crippen molar-refractivity contribution < 1.29 is 9.66 Å². The topological polar surface area (TPSA) is 52.4 Å². The Balaban J connectivity index is 2.31. The lowest BCUT2D eigenvalue weighted by atomic mass is 10.1. The summed E-state index contributed by atoms with van der Waals surface area (Å²) in [6, 6.07) is 10.7. The minimum Gasteiger partial charge on any atom is -0.457 e. The van der Waals surface area contributed by atoms with Crippen molar-refractivity contribution in [2.45, 2.75) is 19.2 Å². The zero-order chi connectivity index (χ0) is 14.7. The van der Waals surface area contributed by atoms with Gasteiger partial charge in [0.25, 0.3) is 5.69 Å². The average Bonchev–Trinajstić information content (AvgIpc) is 2.40. The summed E-state index contributed by atoms with van der Waals surface area (Å²) in [6.07, 6.45) is 0. The molecule has 0 spiro atoms. The number of alkyl halides is 1. The van der Waals surface area contributed by atoms with Crippen molar-refractivity contribution in [1.82, 2.24) is 0 Å². The minimum absolute atomic E-state index is 0.0990. The Hall–Kier alpha value is -1.88. The zero-order valence-electron chi connectivity index (χ0n) is 11.2. The van der Waals surface area contributed by atoms with E-state index in [0.29, 0.717) is 16.6 Å². The number of rotatable bonds is 4. The van der Waals surface area contributed by atoms with Crippen LogP contribution < -0.4 is 4.74 Å². The minimum atomic E-state index is -0.394. The summed E-state index contributed by atoms with van der Waals surface area (Å²) in [4.78, 5) is 10.4. The molecule has 2 aromatic rings. The first-order chi connectivity index (χ1) is 9.51. The van der Waals surface area contributed by atoms with Gasteiger partial charge in [-0.3, -0.25) is 10.1 Å². The van der Waals surface area contributed by atoms with Crippen LogP contribution in [0.15, 0.2) is 36.4 Å². The summed E-state index contributed by atoms with van der Waals surface area (Å²) in [7, 11) is 0. The smallest absolute Gasteiger partial charge is 0.272 e. The molecule has 0 saturated heterocycles. The molecule has 0 unspecified atom stereocenters. The van der Waals surface area contributed by atoms with E-state index in [2.05, 4.69) is 15.9 Å². The molecule has 0 saturated carbocycles. The van der Waals surface area contributed by atoms with Gasteiger partial charge in [-0.05, 0) is 32.0 Å². The highest BCUT2D eigenvalue weighted by molar-refractivity contribution is 9.08. The van der Waals surface area contributed by atoms with Gasteiger partial charge in [0.2, 0.25) is 0 Å². The van der Waals surface area contributed by atoms with Crippen molar-refractivity contribution in [3.05, 3.63) is 63.2 Å². The summed E-state index contributed by atoms with van der Waals surface area (Å²) in [5.74, 6) is 1.35. The fourth-order valence-corrected chi connectivity index (χ4v) is 2.37. The van der Waals surface area contributed by atoms with Crippen LogP contribution in [-0.4, -0.2) is 4.92 Å². The van der Waals surface area contributed by atoms with Gasteiger partial charge in [0.05, 0.1) is 4.92 Å². The molecule has 0 amide bonds. The molecule has 104 valence electrons. The number of ether oxygens (including phenoxy) is 1. The maximum absolute atomic E-state index is 10.8. The number of nitro groups is 1. The normalized spacial score (nSPS) is 10.3. The van der Waals surface area contributed by atoms with E-state index in [4.69, 9.17) is 4.74 Å². The molecule has 0 heterocycles. The molecule has 2 rings (SSSR count). The van der Waals surface area contributed by atoms with Gasteiger partial charge in [-0.2, -0.15) is 0 Å². The molecule has 2 aromatic carbocycles. The van der Waals surface area contributed by atoms with E-state index in [1.807, 2.05) is 25.1 Å². The Morgan fingerprint density at radius 2 is 1.95 bits per heavy atom. The monoisotopic (exact) mass is 335 g/mol. The van der Waals surface area contributed by atoms with Gasteiger partial charge in [-0.1, -0.05) is 33.6 Å². The molecule has 0 fully saturated rings. The quantitative estimate of drug-likeness (QED) is 0.453. The lowest BCUT2D eigenvalue weighted by molar-refractivity contribution is -0.385. The number of halogens is 1. The second-order valence-corrected chi connectivity index (χ2v) is 5.11. The van der Waals surface area contributed by atoms with E-state index < -0.39 is 4.92 Å². The summed E-state index contributed by atoms with van der Waals surface area (Å²) in [5.41, 5.74) is 2.88. The molecular weight excluding hydrogens is 322 g/mol. The van der Waals surface area contributed by atoms with E-state index >= 15 is 0 Å². The van der Waals surface area contributed by atoms with Crippen LogP contribution in [0.3, 0.4) is 0 Å². The molecule has 4 nitrogen and oxygen atoms in total. The third-order valence-electron chi connectivity index (χ3n) is 2.95. The molecule has 0 aliphatic heterocycles. The number of benzene rings is 2. The van der Waals surface area contributed by atoms with Gasteiger partial charge in [-0.15, -0.1) is 0 Å². The van der Waals surface area contributed by atoms with Crippen LogP contribution in [0.5, 0.6) is 11.5 Å². The van der Waals surface area contributed by atoms with Crippen molar-refractivity contribution >= 4 is 21.6 Å². The lowest BCUT2D eigenvalue weighted by Gasteiger charge is -2.11. The third-order valence-corrected chi connectivity index (χ3v) is 3.56. The van der Waals surface area contributed by atoms with Gasteiger partial charge in [-0.25, -0.2) is 0 Å². The van der Waals surface area contributed by atoms with E-state index in [1.165, 1.54) is 6.07 Å². The number of hydrogen-bond donors (Lipinski definition) is 0. The largest absolute Gasteiger partial charge is 0.457 e. The molecule has 20 heavy (non-hydrogen) atoms. The molecule has 0 aliphatic carbocycles. The Morgan fingerprint density at radius 1 is 1.20 bits per heavy atom. The number of nitro benzene ring substituents is 1. The molecule has 0 atom stereocenters. The maximum Gasteiger partial charge on any atom is 0.272 e. The van der Waals surface area contributed by atoms with Crippen LogP contribution in [0.1, 0.15) is 16.7 Å². The van der Waals surface area contributed by atoms with Gasteiger partial charge >= 0.3 is 0 Å². The SMILES string of the molecule is Cc1ccc(Oc2ccc([N+](=O)[O-])c(C)c2)c(CBr)c1. The van der Waals surface area contributed by atoms with Crippen molar-refractivity contribution in [1.29, 1.82) is 0 Å². The van der Waals surface area contributed by atoms with Crippen LogP contribution in [0.4, 0.5) is 5.69 Å². The van der Waals surface area contributed by atoms with Crippen LogP contribution in [0, 0.1) is 24.0 Å². The molecular formula is C15H14BrNO3. The van der Waals surface area contributed by atoms with E-state index in [-0.39, 0.29) is 5.69 Å². The van der Waals surface area contributed by atoms with Gasteiger partial charge in [0, 0.05) is 22.5 Å². The highest BCUT2D eigenvalue weighted by Gasteiger charge is 2.12. The lowest BCUT2D eigenvalue weighted by Crippen LogP contribution is -1.94. The van der Waals surface area contributed by atoms with Gasteiger partial charge < -0.3 is 4.74 Å². The Morgan fingerprint density at radius 3 is 2.55 bits per heavy atom. The van der Waals surface area contributed by atoms with E-state index in [0.717, 1.165) is 16.9 Å². The van der Waals surface area contributed by atoms with Crippen molar-refractivity contribution in [3.63, 3.8) is 0 Å². The second kappa shape index (κ2) is 6.05. The number of nitrogens with zero attached hydrogens (tertiary/aromatic N) is 1. The van der Waals surface area contributed by atoms with Crippen molar-refractivity contribution in [2.24, 2.45) is 0 Å². The second-order valence-electron chi connectivity index (χ2n) is 4.55. The zero-order valence-corrected chi connectivity index (χ0v) is 12.8. The Bertz CT molecular complexity index is 656. The molecule has 0 radical (unpaired) electrons. The fraction of sp³-hybridized carbons (Fsp3) is 0.200. The predicted octanol–water partition coefficient (Wildman–Crippen LogP) is 4.90. The first-order valence-corrected chi connectivity index (χ1v) is 7.22. The standard InChI is InChI=1S/C15H14BrNO3/c1-10-3-6-15(12(7-10)9-16)20-13-4-5-14(17(18)19)11(2)8-13/h3-8H,9H2,1-2H3. The molecule has 0 aromatic heterocycles. The van der Waals surface area contributed by atoms with Crippen molar-refractivity contribution in [2.75, 3.05) is 0 Å². The van der Waals surface area contributed by atoms with E-state index in [1.54, 1.807) is 19.1 Å². The summed E-state index contributed by atoms with van der Waals surface area (Å²) >= 11 is 3.43. The van der Waals surface area contributed by atoms with Crippen molar-refractivity contribution in [3.8, 4) is 11.5 Å². The molecule has 5 heteroatoms. The fourth-order valence-electron chi connectivity index (χ4n) is 1.94. The average molecular weight is 336 g/mol. The summed E-state index contributed by atoms with van der Waals surface area (Å²) < 4.78 is 5.82. The molecule has 0 N–H and O–H groups in total. The number of aryl methyl sites for hydroxylation is 2. The molecule has 0 aliphatic rings. The molecule has 0 bridgehead atoms. The number of hydrogen-bond acceptors (Lipinski definition) is 3. The Labute approximate surface area is 125 Å². The predicted molar refractivity (Wildman–Crippen MR) is 81.7 cm³/mol. The van der Waals surface area contributed by atoms with Crippen LogP contribution in [0.2, 0.25) is 0 Å². The van der Waals surface area contributed by atoms with Gasteiger partial charge in [0.15, 0.2) is 0 Å². The first-order valence-electron chi connectivity index (χ1n) is 6.09.